The second-order valence-corrected chi connectivity index (χ2v) is 6.62. The summed E-state index contributed by atoms with van der Waals surface area (Å²) in [7, 11) is 1.50. The van der Waals surface area contributed by atoms with Crippen molar-refractivity contribution in [2.45, 2.75) is 40.2 Å². The van der Waals surface area contributed by atoms with E-state index in [9.17, 15) is 9.59 Å². The van der Waals surface area contributed by atoms with Crippen molar-refractivity contribution in [3.63, 3.8) is 0 Å². The molecule has 28 heavy (non-hydrogen) atoms. The first-order chi connectivity index (χ1) is 13.3. The average molecular weight is 385 g/mol. The Morgan fingerprint density at radius 1 is 1.11 bits per heavy atom. The van der Waals surface area contributed by atoms with Gasteiger partial charge in [-0.05, 0) is 56.5 Å². The van der Waals surface area contributed by atoms with Gasteiger partial charge in [0.05, 0.1) is 18.8 Å². The van der Waals surface area contributed by atoms with Gasteiger partial charge in [-0.15, -0.1) is 0 Å². The molecule has 0 heterocycles. The van der Waals surface area contributed by atoms with Gasteiger partial charge in [0.1, 0.15) is 0 Å². The van der Waals surface area contributed by atoms with Gasteiger partial charge in [0.2, 0.25) is 0 Å². The third-order valence-electron chi connectivity index (χ3n) is 4.10. The van der Waals surface area contributed by atoms with Gasteiger partial charge in [-0.3, -0.25) is 4.79 Å². The van der Waals surface area contributed by atoms with Gasteiger partial charge >= 0.3 is 5.97 Å². The third kappa shape index (κ3) is 5.49. The van der Waals surface area contributed by atoms with E-state index in [1.54, 1.807) is 12.1 Å². The molecule has 2 rings (SSSR count). The molecule has 150 valence electrons. The van der Waals surface area contributed by atoms with Crippen molar-refractivity contribution >= 4 is 17.6 Å². The highest BCUT2D eigenvalue weighted by Crippen LogP contribution is 2.29. The fourth-order valence-corrected chi connectivity index (χ4v) is 2.74. The van der Waals surface area contributed by atoms with E-state index in [4.69, 9.17) is 14.2 Å². The zero-order valence-electron chi connectivity index (χ0n) is 17.0. The highest BCUT2D eigenvalue weighted by Gasteiger charge is 2.15. The number of esters is 1. The number of methoxy groups -OCH3 is 1. The summed E-state index contributed by atoms with van der Waals surface area (Å²) in [5.41, 5.74) is 3.04. The van der Waals surface area contributed by atoms with Crippen molar-refractivity contribution in [2.75, 3.05) is 19.0 Å². The Labute approximate surface area is 165 Å². The molecule has 1 N–H and O–H groups in total. The Hall–Kier alpha value is -3.02. The van der Waals surface area contributed by atoms with E-state index in [0.717, 1.165) is 23.2 Å². The molecule has 1 amide bonds. The van der Waals surface area contributed by atoms with Crippen molar-refractivity contribution in [2.24, 2.45) is 0 Å². The molecule has 0 bridgehead atoms. The largest absolute Gasteiger partial charge is 0.493 e. The van der Waals surface area contributed by atoms with Crippen LogP contribution in [0.2, 0.25) is 0 Å². The predicted octanol–water partition coefficient (Wildman–Crippen LogP) is 4.15. The number of hydrogen-bond acceptors (Lipinski definition) is 5. The molecule has 0 aromatic heterocycles. The second-order valence-electron chi connectivity index (χ2n) is 6.62. The summed E-state index contributed by atoms with van der Waals surface area (Å²) in [5.74, 6) is -0.0207. The minimum absolute atomic E-state index is 0.0233. The van der Waals surface area contributed by atoms with E-state index in [2.05, 4.69) is 5.32 Å². The lowest BCUT2D eigenvalue weighted by Gasteiger charge is -2.15. The zero-order valence-corrected chi connectivity index (χ0v) is 17.0. The summed E-state index contributed by atoms with van der Waals surface area (Å²) >= 11 is 0. The van der Waals surface area contributed by atoms with Crippen LogP contribution in [-0.2, 0) is 16.0 Å². The molecule has 6 nitrogen and oxygen atoms in total. The number of hydrogen-bond donors (Lipinski definition) is 1. The topological polar surface area (TPSA) is 73.9 Å². The average Bonchev–Trinajstić information content (AvgIpc) is 2.67. The maximum absolute atomic E-state index is 12.3. The summed E-state index contributed by atoms with van der Waals surface area (Å²) in [6, 6.07) is 10.6. The number of carbonyl (C=O) groups is 2. The van der Waals surface area contributed by atoms with Crippen LogP contribution in [-0.4, -0.2) is 31.7 Å². The molecule has 0 saturated heterocycles. The number of anilines is 1. The Balaban J connectivity index is 2.01. The number of rotatable bonds is 8. The van der Waals surface area contributed by atoms with Crippen molar-refractivity contribution < 1.29 is 23.8 Å². The van der Waals surface area contributed by atoms with Crippen LogP contribution in [0.5, 0.6) is 11.5 Å². The Morgan fingerprint density at radius 3 is 2.50 bits per heavy atom. The monoisotopic (exact) mass is 385 g/mol. The van der Waals surface area contributed by atoms with E-state index in [-0.39, 0.29) is 24.2 Å². The normalized spacial score (nSPS) is 10.5. The van der Waals surface area contributed by atoms with E-state index in [1.807, 2.05) is 45.9 Å². The van der Waals surface area contributed by atoms with Crippen LogP contribution in [0.3, 0.4) is 0 Å². The minimum Gasteiger partial charge on any atom is -0.493 e. The smallest absolute Gasteiger partial charge is 0.338 e. The molecule has 0 aliphatic heterocycles. The lowest BCUT2D eigenvalue weighted by atomic mass is 10.1. The highest BCUT2D eigenvalue weighted by atomic mass is 16.5. The predicted molar refractivity (Wildman–Crippen MR) is 108 cm³/mol. The first-order valence-corrected chi connectivity index (χ1v) is 9.25. The number of nitrogens with one attached hydrogen (secondary N) is 1. The fraction of sp³-hybridized carbons (Fsp3) is 0.364. The lowest BCUT2D eigenvalue weighted by Crippen LogP contribution is -2.22. The van der Waals surface area contributed by atoms with Crippen molar-refractivity contribution in [1.29, 1.82) is 0 Å². The Bertz CT molecular complexity index is 845. The van der Waals surface area contributed by atoms with Crippen LogP contribution in [0.25, 0.3) is 0 Å². The number of para-hydroxylation sites is 1. The van der Waals surface area contributed by atoms with Crippen LogP contribution < -0.4 is 14.8 Å². The molecule has 0 radical (unpaired) electrons. The van der Waals surface area contributed by atoms with Gasteiger partial charge in [0, 0.05) is 5.69 Å². The maximum atomic E-state index is 12.3. The zero-order chi connectivity index (χ0) is 20.7. The van der Waals surface area contributed by atoms with Gasteiger partial charge in [0.15, 0.2) is 18.1 Å². The molecule has 2 aromatic carbocycles. The van der Waals surface area contributed by atoms with Crippen LogP contribution in [0.4, 0.5) is 5.69 Å². The quantitative estimate of drug-likeness (QED) is 0.691. The van der Waals surface area contributed by atoms with Gasteiger partial charge in [0.25, 0.3) is 5.91 Å². The standard InChI is InChI=1S/C22H27NO5/c1-6-16-9-7-8-15(4)21(16)23-20(24)13-27-22(25)17-10-11-18(28-14(2)3)19(12-17)26-5/h7-12,14H,6,13H2,1-5H3,(H,23,24). The third-order valence-corrected chi connectivity index (χ3v) is 4.10. The molecule has 0 unspecified atom stereocenters. The first kappa shape index (κ1) is 21.3. The van der Waals surface area contributed by atoms with Crippen LogP contribution >= 0.6 is 0 Å². The molecule has 0 atom stereocenters. The van der Waals surface area contributed by atoms with Crippen LogP contribution in [0, 0.1) is 6.92 Å². The van der Waals surface area contributed by atoms with Gasteiger partial charge in [-0.25, -0.2) is 4.79 Å². The Morgan fingerprint density at radius 2 is 1.86 bits per heavy atom. The van der Waals surface area contributed by atoms with E-state index < -0.39 is 5.97 Å². The van der Waals surface area contributed by atoms with Crippen molar-refractivity contribution in [3.05, 3.63) is 53.1 Å². The summed E-state index contributed by atoms with van der Waals surface area (Å²) < 4.78 is 16.0. The fourth-order valence-electron chi connectivity index (χ4n) is 2.74. The molecule has 0 aliphatic rings. The highest BCUT2D eigenvalue weighted by molar-refractivity contribution is 5.96. The Kier molecular flexibility index (Phi) is 7.44. The number of benzene rings is 2. The van der Waals surface area contributed by atoms with Crippen LogP contribution in [0.1, 0.15) is 42.3 Å². The molecule has 6 heteroatoms. The molecule has 0 fully saturated rings. The van der Waals surface area contributed by atoms with Gasteiger partial charge < -0.3 is 19.5 Å². The summed E-state index contributed by atoms with van der Waals surface area (Å²) in [4.78, 5) is 24.5. The van der Waals surface area contributed by atoms with E-state index in [1.165, 1.54) is 13.2 Å². The number of carbonyl (C=O) groups excluding carboxylic acids is 2. The second kappa shape index (κ2) is 9.78. The van der Waals surface area contributed by atoms with E-state index in [0.29, 0.717) is 11.5 Å². The summed E-state index contributed by atoms with van der Waals surface area (Å²) in [6.45, 7) is 7.37. The summed E-state index contributed by atoms with van der Waals surface area (Å²) in [6.07, 6.45) is 0.770. The molecule has 2 aromatic rings. The van der Waals surface area contributed by atoms with E-state index >= 15 is 0 Å². The number of amides is 1. The van der Waals surface area contributed by atoms with Crippen LogP contribution in [0.15, 0.2) is 36.4 Å². The minimum atomic E-state index is -0.606. The van der Waals surface area contributed by atoms with Gasteiger partial charge in [-0.1, -0.05) is 25.1 Å². The molecular formula is C22H27NO5. The van der Waals surface area contributed by atoms with Gasteiger partial charge in [-0.2, -0.15) is 0 Å². The number of ether oxygens (including phenoxy) is 3. The maximum Gasteiger partial charge on any atom is 0.338 e. The first-order valence-electron chi connectivity index (χ1n) is 9.25. The lowest BCUT2D eigenvalue weighted by molar-refractivity contribution is -0.119. The van der Waals surface area contributed by atoms with Crippen molar-refractivity contribution in [1.82, 2.24) is 0 Å². The SMILES string of the molecule is CCc1cccc(C)c1NC(=O)COC(=O)c1ccc(OC(C)C)c(OC)c1. The molecular weight excluding hydrogens is 358 g/mol. The molecule has 0 aliphatic carbocycles. The summed E-state index contributed by atoms with van der Waals surface area (Å²) in [5, 5.41) is 2.83. The molecule has 0 saturated carbocycles. The molecule has 0 spiro atoms. The number of aryl methyl sites for hydroxylation is 2. The van der Waals surface area contributed by atoms with Crippen molar-refractivity contribution in [3.8, 4) is 11.5 Å².